The van der Waals surface area contributed by atoms with Crippen LogP contribution >= 0.6 is 0 Å². The first kappa shape index (κ1) is 15.7. The molecule has 0 saturated carbocycles. The Kier molecular flexibility index (Phi) is 30.9. The molecule has 0 heterocycles. The van der Waals surface area contributed by atoms with Gasteiger partial charge in [0.2, 0.25) is 0 Å². The first-order chi connectivity index (χ1) is 3.15. The van der Waals surface area contributed by atoms with Gasteiger partial charge in [0.15, 0.2) is 0 Å². The van der Waals surface area contributed by atoms with Gasteiger partial charge in [-0.15, -0.1) is 0 Å². The van der Waals surface area contributed by atoms with Gasteiger partial charge in [-0.25, -0.2) is 0 Å². The molecular weight excluding hydrogens is 160 g/mol. The molecule has 0 aliphatic carbocycles. The zero-order valence-corrected chi connectivity index (χ0v) is 5.75. The third-order valence-electron chi connectivity index (χ3n) is 0. The molecule has 3 nitrogen and oxygen atoms in total. The number of carboxylic acids is 1. The van der Waals surface area contributed by atoms with Gasteiger partial charge in [-0.1, -0.05) is 0 Å². The summed E-state index contributed by atoms with van der Waals surface area (Å²) in [5.41, 5.74) is 0. The van der Waals surface area contributed by atoms with E-state index in [0.29, 0.717) is 0 Å². The molecule has 0 aromatic rings. The molecule has 0 aliphatic rings. The summed E-state index contributed by atoms with van der Waals surface area (Å²) in [5.74, 6) is -0.833. The Morgan fingerprint density at radius 2 is 1.62 bits per heavy atom. The quantitative estimate of drug-likeness (QED) is 0.506. The zero-order chi connectivity index (χ0) is 6.28. The van der Waals surface area contributed by atoms with E-state index in [1.165, 1.54) is 0 Å². The summed E-state index contributed by atoms with van der Waals surface area (Å²) >= 11 is 0. The van der Waals surface area contributed by atoms with Crippen molar-refractivity contribution in [3.63, 3.8) is 0 Å². The van der Waals surface area contributed by atoms with Crippen molar-refractivity contribution in [1.29, 1.82) is 0 Å². The van der Waals surface area contributed by atoms with Gasteiger partial charge in [0.1, 0.15) is 0 Å². The Balaban J connectivity index is -0.0000000575. The molecule has 0 aromatic heterocycles. The molecule has 0 unspecified atom stereocenters. The van der Waals surface area contributed by atoms with E-state index in [0.717, 1.165) is 6.92 Å². The van der Waals surface area contributed by atoms with Gasteiger partial charge in [-0.3, -0.25) is 4.79 Å². The van der Waals surface area contributed by atoms with Gasteiger partial charge >= 0.3 is 0 Å². The molecule has 0 aromatic carbocycles. The zero-order valence-electron chi connectivity index (χ0n) is 4.81. The molecule has 0 rings (SSSR count). The minimum atomic E-state index is -0.833. The normalized spacial score (nSPS) is 5.38. The summed E-state index contributed by atoms with van der Waals surface area (Å²) in [5, 5.41) is 15.0. The van der Waals surface area contributed by atoms with Gasteiger partial charge in [-0.2, -0.15) is 0 Å². The number of carboxylic acid groups (broad SMARTS) is 1. The number of carbonyl (C=O) groups is 1. The molecule has 0 amide bonds. The van der Waals surface area contributed by atoms with Crippen LogP contribution in [0.1, 0.15) is 13.8 Å². The topological polar surface area (TPSA) is 57.5 Å². The maximum Gasteiger partial charge on any atom is 0.300 e. The van der Waals surface area contributed by atoms with Crippen molar-refractivity contribution in [3.05, 3.63) is 0 Å². The van der Waals surface area contributed by atoms with Crippen molar-refractivity contribution in [2.24, 2.45) is 0 Å². The molecule has 1 radical (unpaired) electrons. The Bertz CT molecular complexity index is 42.5. The number of aliphatic carboxylic acids is 1. The molecule has 4 heteroatoms. The van der Waals surface area contributed by atoms with E-state index < -0.39 is 5.97 Å². The minimum Gasteiger partial charge on any atom is -0.481 e. The summed E-state index contributed by atoms with van der Waals surface area (Å²) in [6.07, 6.45) is 0. The third-order valence-corrected chi connectivity index (χ3v) is 0. The second kappa shape index (κ2) is 15.8. The van der Waals surface area contributed by atoms with E-state index in [2.05, 4.69) is 0 Å². The van der Waals surface area contributed by atoms with Gasteiger partial charge in [-0.05, 0) is 6.92 Å². The van der Waals surface area contributed by atoms with Crippen molar-refractivity contribution in [2.45, 2.75) is 13.8 Å². The molecule has 0 saturated heterocycles. The van der Waals surface area contributed by atoms with Crippen LogP contribution in [0, 0.1) is 0 Å². The summed E-state index contributed by atoms with van der Waals surface area (Å²) in [7, 11) is 0. The number of hydrogen-bond donors (Lipinski definition) is 2. The third kappa shape index (κ3) is 57100. The number of aliphatic hydroxyl groups excluding tert-OH is 1. The molecule has 8 heavy (non-hydrogen) atoms. The Hall–Kier alpha value is -0.0505. The van der Waals surface area contributed by atoms with E-state index in [1.807, 2.05) is 0 Å². The van der Waals surface area contributed by atoms with Crippen molar-refractivity contribution in [1.82, 2.24) is 0 Å². The summed E-state index contributed by atoms with van der Waals surface area (Å²) < 4.78 is 0. The average molecular weight is 170 g/mol. The SMILES string of the molecule is CC(=O)O.CCO.[Cu]. The monoisotopic (exact) mass is 169 g/mol. The summed E-state index contributed by atoms with van der Waals surface area (Å²) in [6, 6.07) is 0. The Morgan fingerprint density at radius 1 is 1.62 bits per heavy atom. The van der Waals surface area contributed by atoms with Crippen LogP contribution in [0.15, 0.2) is 0 Å². The largest absolute Gasteiger partial charge is 0.481 e. The van der Waals surface area contributed by atoms with Crippen molar-refractivity contribution < 1.29 is 32.1 Å². The average Bonchev–Trinajstić information content (AvgIpc) is 1.33. The summed E-state index contributed by atoms with van der Waals surface area (Å²) in [4.78, 5) is 9.00. The fourth-order valence-electron chi connectivity index (χ4n) is 0. The molecule has 0 aliphatic heterocycles. The summed E-state index contributed by atoms with van der Waals surface area (Å²) in [6.45, 7) is 3.01. The van der Waals surface area contributed by atoms with Crippen LogP contribution in [0.4, 0.5) is 0 Å². The number of rotatable bonds is 0. The van der Waals surface area contributed by atoms with Crippen LogP contribution in [0.2, 0.25) is 0 Å². The molecule has 2 N–H and O–H groups in total. The maximum absolute atomic E-state index is 9.00. The van der Waals surface area contributed by atoms with E-state index in [9.17, 15) is 0 Å². The molecule has 0 fully saturated rings. The van der Waals surface area contributed by atoms with E-state index in [4.69, 9.17) is 15.0 Å². The predicted molar refractivity (Wildman–Crippen MR) is 26.1 cm³/mol. The standard InChI is InChI=1S/C2H4O2.C2H6O.Cu/c1-2(3)4;1-2-3;/h1H3,(H,3,4);3H,2H2,1H3;. The van der Waals surface area contributed by atoms with Crippen LogP contribution in [-0.4, -0.2) is 22.8 Å². The molecule has 0 spiro atoms. The smallest absolute Gasteiger partial charge is 0.300 e. The van der Waals surface area contributed by atoms with Gasteiger partial charge in [0, 0.05) is 30.6 Å². The van der Waals surface area contributed by atoms with E-state index in [1.54, 1.807) is 6.92 Å². The van der Waals surface area contributed by atoms with Crippen molar-refractivity contribution >= 4 is 5.97 Å². The first-order valence-corrected chi connectivity index (χ1v) is 1.95. The minimum absolute atomic E-state index is 0. The second-order valence-corrected chi connectivity index (χ2v) is 0.835. The van der Waals surface area contributed by atoms with Crippen LogP contribution in [0.25, 0.3) is 0 Å². The number of hydrogen-bond acceptors (Lipinski definition) is 2. The predicted octanol–water partition coefficient (Wildman–Crippen LogP) is 0.0870. The van der Waals surface area contributed by atoms with Gasteiger partial charge < -0.3 is 10.2 Å². The fraction of sp³-hybridized carbons (Fsp3) is 0.750. The maximum atomic E-state index is 9.00. The molecular formula is C4H10CuO3. The van der Waals surface area contributed by atoms with Crippen molar-refractivity contribution in [3.8, 4) is 0 Å². The van der Waals surface area contributed by atoms with E-state index in [-0.39, 0.29) is 23.7 Å². The first-order valence-electron chi connectivity index (χ1n) is 1.95. The van der Waals surface area contributed by atoms with Gasteiger partial charge in [0.25, 0.3) is 5.97 Å². The van der Waals surface area contributed by atoms with Gasteiger partial charge in [0.05, 0.1) is 0 Å². The van der Waals surface area contributed by atoms with Crippen LogP contribution < -0.4 is 0 Å². The van der Waals surface area contributed by atoms with E-state index >= 15 is 0 Å². The number of aliphatic hydroxyl groups is 1. The van der Waals surface area contributed by atoms with Crippen LogP contribution in [0.3, 0.4) is 0 Å². The van der Waals surface area contributed by atoms with Crippen molar-refractivity contribution in [2.75, 3.05) is 6.61 Å². The Morgan fingerprint density at radius 3 is 1.62 bits per heavy atom. The molecule has 55 valence electrons. The fourth-order valence-corrected chi connectivity index (χ4v) is 0. The van der Waals surface area contributed by atoms with Crippen LogP contribution in [-0.2, 0) is 21.9 Å². The van der Waals surface area contributed by atoms with Crippen LogP contribution in [0.5, 0.6) is 0 Å². The molecule has 0 bridgehead atoms. The Labute approximate surface area is 59.2 Å². The molecule has 0 atom stereocenters. The second-order valence-electron chi connectivity index (χ2n) is 0.835.